The van der Waals surface area contributed by atoms with Crippen LogP contribution in [0.2, 0.25) is 0 Å². The number of carbonyl (C=O) groups excluding carboxylic acids is 1. The van der Waals surface area contributed by atoms with Crippen LogP contribution in [0.1, 0.15) is 105 Å². The molecule has 4 saturated carbocycles. The molecule has 4 fully saturated rings. The fourth-order valence-electron chi connectivity index (χ4n) is 9.46. The third kappa shape index (κ3) is 4.01. The zero-order valence-corrected chi connectivity index (χ0v) is 21.5. The topological polar surface area (TPSA) is 52.6 Å². The maximum Gasteiger partial charge on any atom is 0.317 e. The van der Waals surface area contributed by atoms with Crippen LogP contribution in [-0.4, -0.2) is 41.3 Å². The number of nitrogens with zero attached hydrogens (tertiary/aromatic N) is 1. The lowest BCUT2D eigenvalue weighted by Crippen LogP contribution is -2.56. The average molecular weight is 447 g/mol. The molecule has 0 bridgehead atoms. The van der Waals surface area contributed by atoms with Crippen LogP contribution in [0.3, 0.4) is 0 Å². The van der Waals surface area contributed by atoms with Crippen LogP contribution in [-0.2, 0) is 0 Å². The second-order valence-electron chi connectivity index (χ2n) is 12.3. The van der Waals surface area contributed by atoms with Gasteiger partial charge in [0.05, 0.1) is 5.60 Å². The van der Waals surface area contributed by atoms with Gasteiger partial charge in [0.1, 0.15) is 0 Å². The summed E-state index contributed by atoms with van der Waals surface area (Å²) in [4.78, 5) is 14.4. The van der Waals surface area contributed by atoms with E-state index in [1.807, 2.05) is 18.9 Å². The monoisotopic (exact) mass is 446 g/mol. The van der Waals surface area contributed by atoms with Crippen molar-refractivity contribution in [3.05, 3.63) is 0 Å². The van der Waals surface area contributed by atoms with Gasteiger partial charge in [-0.15, -0.1) is 0 Å². The Balaban J connectivity index is 1.45. The molecule has 0 aliphatic heterocycles. The minimum Gasteiger partial charge on any atom is -0.389 e. The average Bonchev–Trinajstić information content (AvgIpc) is 3.10. The first kappa shape index (κ1) is 24.4. The van der Waals surface area contributed by atoms with Crippen LogP contribution >= 0.6 is 0 Å². The molecule has 9 unspecified atom stereocenters. The number of fused-ring (bicyclic) bond motifs is 5. The predicted molar refractivity (Wildman–Crippen MR) is 131 cm³/mol. The van der Waals surface area contributed by atoms with Crippen molar-refractivity contribution in [2.75, 3.05) is 13.6 Å². The molecule has 0 spiro atoms. The number of carbonyl (C=O) groups is 1. The Morgan fingerprint density at radius 1 is 1.06 bits per heavy atom. The molecule has 4 nitrogen and oxygen atoms in total. The van der Waals surface area contributed by atoms with Crippen molar-refractivity contribution in [1.29, 1.82) is 0 Å². The Morgan fingerprint density at radius 2 is 1.84 bits per heavy atom. The zero-order chi connectivity index (χ0) is 23.1. The van der Waals surface area contributed by atoms with E-state index in [1.165, 1.54) is 57.8 Å². The SMILES string of the molecule is CCNC(=O)N(C)C(CC)C(C)CC1CCC2C3CCC4CCCCC4(C)C3CCC12O. The van der Waals surface area contributed by atoms with Gasteiger partial charge < -0.3 is 15.3 Å². The van der Waals surface area contributed by atoms with E-state index in [0.29, 0.717) is 29.7 Å². The molecule has 4 rings (SSSR count). The Bertz CT molecular complexity index is 668. The third-order valence-corrected chi connectivity index (χ3v) is 11.1. The molecule has 9 atom stereocenters. The van der Waals surface area contributed by atoms with E-state index >= 15 is 0 Å². The van der Waals surface area contributed by atoms with E-state index in [-0.39, 0.29) is 12.1 Å². The van der Waals surface area contributed by atoms with Crippen molar-refractivity contribution in [3.63, 3.8) is 0 Å². The highest BCUT2D eigenvalue weighted by atomic mass is 16.3. The molecule has 0 aromatic carbocycles. The summed E-state index contributed by atoms with van der Waals surface area (Å²) >= 11 is 0. The van der Waals surface area contributed by atoms with Gasteiger partial charge in [0, 0.05) is 19.6 Å². The maximum absolute atomic E-state index is 12.4. The Labute approximate surface area is 197 Å². The smallest absolute Gasteiger partial charge is 0.317 e. The number of hydrogen-bond acceptors (Lipinski definition) is 2. The second kappa shape index (κ2) is 9.47. The van der Waals surface area contributed by atoms with Crippen molar-refractivity contribution < 1.29 is 9.90 Å². The van der Waals surface area contributed by atoms with Crippen LogP contribution in [0.15, 0.2) is 0 Å². The third-order valence-electron chi connectivity index (χ3n) is 11.1. The van der Waals surface area contributed by atoms with E-state index in [1.54, 1.807) is 0 Å². The van der Waals surface area contributed by atoms with Gasteiger partial charge in [-0.3, -0.25) is 0 Å². The molecule has 184 valence electrons. The molecule has 0 saturated heterocycles. The number of rotatable bonds is 6. The number of urea groups is 1. The van der Waals surface area contributed by atoms with Crippen LogP contribution in [0, 0.1) is 40.9 Å². The summed E-state index contributed by atoms with van der Waals surface area (Å²) in [5, 5.41) is 15.1. The predicted octanol–water partition coefficient (Wildman–Crippen LogP) is 6.23. The van der Waals surface area contributed by atoms with Gasteiger partial charge in [0.15, 0.2) is 0 Å². The highest BCUT2D eigenvalue weighted by molar-refractivity contribution is 5.74. The maximum atomic E-state index is 12.4. The van der Waals surface area contributed by atoms with Crippen molar-refractivity contribution in [2.45, 2.75) is 116 Å². The Morgan fingerprint density at radius 3 is 2.56 bits per heavy atom. The first-order valence-corrected chi connectivity index (χ1v) is 14.0. The van der Waals surface area contributed by atoms with Gasteiger partial charge in [-0.1, -0.05) is 33.6 Å². The summed E-state index contributed by atoms with van der Waals surface area (Å²) in [5.74, 6) is 3.85. The van der Waals surface area contributed by atoms with Gasteiger partial charge in [-0.05, 0) is 112 Å². The Hall–Kier alpha value is -0.770. The van der Waals surface area contributed by atoms with Gasteiger partial charge >= 0.3 is 6.03 Å². The first-order chi connectivity index (χ1) is 15.3. The van der Waals surface area contributed by atoms with E-state index in [2.05, 4.69) is 26.1 Å². The van der Waals surface area contributed by atoms with E-state index < -0.39 is 5.60 Å². The molecule has 32 heavy (non-hydrogen) atoms. The molecular weight excluding hydrogens is 396 g/mol. The molecule has 2 N–H and O–H groups in total. The standard InChI is InChI=1S/C28H50N2O2/c1-6-25(30(5)26(31)29-7-2)19(3)18-21-12-14-24-22-13-11-20-10-8-9-16-27(20,4)23(22)15-17-28(21,24)32/h19-25,32H,6-18H2,1-5H3,(H,29,31). The second-order valence-corrected chi connectivity index (χ2v) is 12.3. The first-order valence-electron chi connectivity index (χ1n) is 14.0. The lowest BCUT2D eigenvalue weighted by molar-refractivity contribution is -0.157. The van der Waals surface area contributed by atoms with Crippen LogP contribution in [0.4, 0.5) is 4.79 Å². The largest absolute Gasteiger partial charge is 0.389 e. The summed E-state index contributed by atoms with van der Waals surface area (Å²) in [6.07, 6.45) is 15.2. The van der Waals surface area contributed by atoms with Gasteiger partial charge in [0.2, 0.25) is 0 Å². The number of aliphatic hydroxyl groups is 1. The van der Waals surface area contributed by atoms with Crippen LogP contribution in [0.5, 0.6) is 0 Å². The summed E-state index contributed by atoms with van der Waals surface area (Å²) in [6, 6.07) is 0.268. The zero-order valence-electron chi connectivity index (χ0n) is 21.5. The normalized spacial score (nSPS) is 42.9. The lowest BCUT2D eigenvalue weighted by atomic mass is 9.46. The van der Waals surface area contributed by atoms with Crippen molar-refractivity contribution >= 4 is 6.03 Å². The van der Waals surface area contributed by atoms with Crippen molar-refractivity contribution in [2.24, 2.45) is 40.9 Å². The molecule has 0 heterocycles. The van der Waals surface area contributed by atoms with E-state index in [4.69, 9.17) is 0 Å². The fourth-order valence-corrected chi connectivity index (χ4v) is 9.46. The molecule has 0 aromatic rings. The minimum absolute atomic E-state index is 0.0344. The molecule has 0 aromatic heterocycles. The summed E-state index contributed by atoms with van der Waals surface area (Å²) < 4.78 is 0. The fraction of sp³-hybridized carbons (Fsp3) is 0.964. The minimum atomic E-state index is -0.462. The number of nitrogens with one attached hydrogen (secondary N) is 1. The lowest BCUT2D eigenvalue weighted by Gasteiger charge is -2.60. The van der Waals surface area contributed by atoms with Gasteiger partial charge in [-0.2, -0.15) is 0 Å². The number of hydrogen-bond donors (Lipinski definition) is 2. The summed E-state index contributed by atoms with van der Waals surface area (Å²) in [6.45, 7) is 9.76. The quantitative estimate of drug-likeness (QED) is 0.508. The van der Waals surface area contributed by atoms with Crippen LogP contribution < -0.4 is 5.32 Å². The molecule has 4 heteroatoms. The molecule has 2 amide bonds. The van der Waals surface area contributed by atoms with Crippen molar-refractivity contribution in [3.8, 4) is 0 Å². The van der Waals surface area contributed by atoms with Crippen LogP contribution in [0.25, 0.3) is 0 Å². The molecule has 4 aliphatic carbocycles. The van der Waals surface area contributed by atoms with Gasteiger partial charge in [-0.25, -0.2) is 4.79 Å². The van der Waals surface area contributed by atoms with E-state index in [9.17, 15) is 9.90 Å². The van der Waals surface area contributed by atoms with E-state index in [0.717, 1.165) is 37.0 Å². The molecule has 0 radical (unpaired) electrons. The highest BCUT2D eigenvalue weighted by Crippen LogP contribution is 2.65. The highest BCUT2D eigenvalue weighted by Gasteiger charge is 2.60. The molecule has 4 aliphatic rings. The van der Waals surface area contributed by atoms with Gasteiger partial charge in [0.25, 0.3) is 0 Å². The van der Waals surface area contributed by atoms with Crippen molar-refractivity contribution in [1.82, 2.24) is 10.2 Å². The Kier molecular flexibility index (Phi) is 7.21. The number of amides is 2. The summed E-state index contributed by atoms with van der Waals surface area (Å²) in [5.41, 5.74) is 0.0758. The summed E-state index contributed by atoms with van der Waals surface area (Å²) in [7, 11) is 1.94. The molecular formula is C28H50N2O2.